The van der Waals surface area contributed by atoms with E-state index in [4.69, 9.17) is 5.11 Å². The maximum Gasteiger partial charge on any atom is 0.304 e. The monoisotopic (exact) mass is 247 g/mol. The summed E-state index contributed by atoms with van der Waals surface area (Å²) < 4.78 is 0. The van der Waals surface area contributed by atoms with Crippen LogP contribution in [0.15, 0.2) is 24.3 Å². The molecule has 0 aromatic heterocycles. The summed E-state index contributed by atoms with van der Waals surface area (Å²) in [6.45, 7) is 0.138. The van der Waals surface area contributed by atoms with Crippen LogP contribution in [-0.2, 0) is 4.79 Å². The van der Waals surface area contributed by atoms with E-state index in [0.29, 0.717) is 11.1 Å². The zero-order valence-electron chi connectivity index (χ0n) is 9.92. The van der Waals surface area contributed by atoms with Gasteiger partial charge in [0, 0.05) is 19.2 Å². The SMILES string of the molecule is CN1CC(CC(=O)O)C(=O)c2ccccc2C1=O. The number of rotatable bonds is 2. The molecule has 1 unspecified atom stereocenters. The highest BCUT2D eigenvalue weighted by Crippen LogP contribution is 2.23. The maximum atomic E-state index is 12.2. The predicted octanol–water partition coefficient (Wildman–Crippen LogP) is 1.05. The van der Waals surface area contributed by atoms with Crippen molar-refractivity contribution in [2.24, 2.45) is 5.92 Å². The first-order valence-electron chi connectivity index (χ1n) is 5.61. The summed E-state index contributed by atoms with van der Waals surface area (Å²) in [6.07, 6.45) is -0.259. The van der Waals surface area contributed by atoms with Crippen LogP contribution in [0.2, 0.25) is 0 Å². The van der Waals surface area contributed by atoms with E-state index in [1.165, 1.54) is 4.90 Å². The van der Waals surface area contributed by atoms with Gasteiger partial charge in [-0.25, -0.2) is 0 Å². The summed E-state index contributed by atoms with van der Waals surface area (Å²) in [7, 11) is 1.58. The van der Waals surface area contributed by atoms with Crippen molar-refractivity contribution in [3.8, 4) is 0 Å². The molecule has 0 saturated carbocycles. The number of fused-ring (bicyclic) bond motifs is 1. The van der Waals surface area contributed by atoms with E-state index in [9.17, 15) is 14.4 Å². The van der Waals surface area contributed by atoms with Crippen molar-refractivity contribution >= 4 is 17.7 Å². The fraction of sp³-hybridized carbons (Fsp3) is 0.308. The molecular weight excluding hydrogens is 234 g/mol. The lowest BCUT2D eigenvalue weighted by Crippen LogP contribution is -2.32. The second-order valence-corrected chi connectivity index (χ2v) is 4.39. The van der Waals surface area contributed by atoms with Crippen LogP contribution >= 0.6 is 0 Å². The van der Waals surface area contributed by atoms with Crippen molar-refractivity contribution in [2.75, 3.05) is 13.6 Å². The maximum absolute atomic E-state index is 12.2. The predicted molar refractivity (Wildman–Crippen MR) is 63.5 cm³/mol. The van der Waals surface area contributed by atoms with Crippen LogP contribution in [0, 0.1) is 5.92 Å². The van der Waals surface area contributed by atoms with Gasteiger partial charge in [0.05, 0.1) is 17.9 Å². The van der Waals surface area contributed by atoms with Gasteiger partial charge in [-0.1, -0.05) is 18.2 Å². The first kappa shape index (κ1) is 12.3. The number of carbonyl (C=O) groups excluding carboxylic acids is 2. The Morgan fingerprint density at radius 1 is 1.33 bits per heavy atom. The third-order valence-corrected chi connectivity index (χ3v) is 3.06. The molecule has 0 spiro atoms. The summed E-state index contributed by atoms with van der Waals surface area (Å²) in [5.41, 5.74) is 0.663. The van der Waals surface area contributed by atoms with E-state index in [2.05, 4.69) is 0 Å². The molecule has 0 bridgehead atoms. The average Bonchev–Trinajstić information content (AvgIpc) is 2.42. The Morgan fingerprint density at radius 2 is 1.94 bits per heavy atom. The molecule has 1 aliphatic rings. The molecule has 0 saturated heterocycles. The number of aliphatic carboxylic acids is 1. The third kappa shape index (κ3) is 2.11. The van der Waals surface area contributed by atoms with Crippen LogP contribution in [0.5, 0.6) is 0 Å². The van der Waals surface area contributed by atoms with Crippen LogP contribution in [0.25, 0.3) is 0 Å². The lowest BCUT2D eigenvalue weighted by atomic mass is 9.93. The number of nitrogens with zero attached hydrogens (tertiary/aromatic N) is 1. The minimum Gasteiger partial charge on any atom is -0.481 e. The van der Waals surface area contributed by atoms with Crippen LogP contribution < -0.4 is 0 Å². The molecule has 1 amide bonds. The van der Waals surface area contributed by atoms with Crippen molar-refractivity contribution in [2.45, 2.75) is 6.42 Å². The van der Waals surface area contributed by atoms with Crippen LogP contribution in [-0.4, -0.2) is 41.3 Å². The highest BCUT2D eigenvalue weighted by atomic mass is 16.4. The Bertz CT molecular complexity index is 523. The summed E-state index contributed by atoms with van der Waals surface area (Å²) in [5, 5.41) is 8.82. The molecule has 0 radical (unpaired) electrons. The average molecular weight is 247 g/mol. The Kier molecular flexibility index (Phi) is 3.14. The number of hydrogen-bond donors (Lipinski definition) is 1. The highest BCUT2D eigenvalue weighted by molar-refractivity contribution is 6.11. The van der Waals surface area contributed by atoms with Gasteiger partial charge in [0.15, 0.2) is 5.78 Å². The summed E-state index contributed by atoms with van der Waals surface area (Å²) >= 11 is 0. The first-order valence-corrected chi connectivity index (χ1v) is 5.61. The van der Waals surface area contributed by atoms with E-state index in [-0.39, 0.29) is 24.7 Å². The number of ketones is 1. The van der Waals surface area contributed by atoms with Crippen molar-refractivity contribution in [3.63, 3.8) is 0 Å². The topological polar surface area (TPSA) is 74.7 Å². The van der Waals surface area contributed by atoms with Crippen LogP contribution in [0.1, 0.15) is 27.1 Å². The van der Waals surface area contributed by atoms with E-state index < -0.39 is 11.9 Å². The van der Waals surface area contributed by atoms with E-state index in [0.717, 1.165) is 0 Å². The van der Waals surface area contributed by atoms with Gasteiger partial charge < -0.3 is 10.0 Å². The van der Waals surface area contributed by atoms with Crippen molar-refractivity contribution in [1.82, 2.24) is 4.90 Å². The first-order chi connectivity index (χ1) is 8.50. The van der Waals surface area contributed by atoms with Crippen LogP contribution in [0.4, 0.5) is 0 Å². The number of carbonyl (C=O) groups is 3. The normalized spacial score (nSPS) is 19.4. The number of Topliss-reactive ketones (excluding diaryl/α,β-unsaturated/α-hetero) is 1. The minimum absolute atomic E-state index is 0.138. The molecule has 18 heavy (non-hydrogen) atoms. The molecule has 94 valence electrons. The number of carboxylic acids is 1. The van der Waals surface area contributed by atoms with Gasteiger partial charge in [-0.15, -0.1) is 0 Å². The van der Waals surface area contributed by atoms with Gasteiger partial charge in [0.2, 0.25) is 0 Å². The Morgan fingerprint density at radius 3 is 2.56 bits per heavy atom. The van der Waals surface area contributed by atoms with Gasteiger partial charge in [-0.3, -0.25) is 14.4 Å². The quantitative estimate of drug-likeness (QED) is 0.847. The number of hydrogen-bond acceptors (Lipinski definition) is 3. The third-order valence-electron chi connectivity index (χ3n) is 3.06. The summed E-state index contributed by atoms with van der Waals surface area (Å²) in [6, 6.07) is 6.53. The number of carboxylic acid groups (broad SMARTS) is 1. The molecule has 1 N–H and O–H groups in total. The van der Waals surface area contributed by atoms with Gasteiger partial charge >= 0.3 is 5.97 Å². The lowest BCUT2D eigenvalue weighted by molar-refractivity contribution is -0.137. The zero-order chi connectivity index (χ0) is 13.3. The molecule has 5 nitrogen and oxygen atoms in total. The van der Waals surface area contributed by atoms with E-state index in [1.54, 1.807) is 31.3 Å². The number of benzene rings is 1. The molecule has 5 heteroatoms. The second kappa shape index (κ2) is 4.60. The molecule has 1 aromatic carbocycles. The molecular formula is C13H13NO4. The molecule has 1 atom stereocenters. The van der Waals surface area contributed by atoms with Crippen molar-refractivity contribution in [1.29, 1.82) is 0 Å². The van der Waals surface area contributed by atoms with E-state index >= 15 is 0 Å². The van der Waals surface area contributed by atoms with Crippen molar-refractivity contribution in [3.05, 3.63) is 35.4 Å². The fourth-order valence-corrected chi connectivity index (χ4v) is 2.17. The van der Waals surface area contributed by atoms with Gasteiger partial charge in [0.25, 0.3) is 5.91 Å². The zero-order valence-corrected chi connectivity index (χ0v) is 9.92. The molecule has 1 aromatic rings. The number of amides is 1. The second-order valence-electron chi connectivity index (χ2n) is 4.39. The Balaban J connectivity index is 2.46. The Labute approximate surface area is 104 Å². The smallest absolute Gasteiger partial charge is 0.304 e. The molecule has 0 aliphatic carbocycles. The van der Waals surface area contributed by atoms with Gasteiger partial charge in [-0.2, -0.15) is 0 Å². The highest BCUT2D eigenvalue weighted by Gasteiger charge is 2.32. The summed E-state index contributed by atoms with van der Waals surface area (Å²) in [4.78, 5) is 36.4. The molecule has 1 aliphatic heterocycles. The molecule has 1 heterocycles. The van der Waals surface area contributed by atoms with Gasteiger partial charge in [-0.05, 0) is 6.07 Å². The van der Waals surface area contributed by atoms with E-state index in [1.807, 2.05) is 0 Å². The van der Waals surface area contributed by atoms with Gasteiger partial charge in [0.1, 0.15) is 0 Å². The molecule has 0 fully saturated rings. The standard InChI is InChI=1S/C13H13NO4/c1-14-7-8(6-11(15)16)12(17)9-4-2-3-5-10(9)13(14)18/h2-5,8H,6-7H2,1H3,(H,15,16). The van der Waals surface area contributed by atoms with Crippen molar-refractivity contribution < 1.29 is 19.5 Å². The fourth-order valence-electron chi connectivity index (χ4n) is 2.17. The Hall–Kier alpha value is -2.17. The summed E-state index contributed by atoms with van der Waals surface area (Å²) in [5.74, 6) is -2.23. The lowest BCUT2D eigenvalue weighted by Gasteiger charge is -2.17. The minimum atomic E-state index is -1.03. The van der Waals surface area contributed by atoms with Crippen LogP contribution in [0.3, 0.4) is 0 Å². The largest absolute Gasteiger partial charge is 0.481 e. The molecule has 2 rings (SSSR count).